The molecular weight excluding hydrogens is 368 g/mol. The van der Waals surface area contributed by atoms with Gasteiger partial charge in [0.15, 0.2) is 0 Å². The van der Waals surface area contributed by atoms with Crippen LogP contribution in [0.1, 0.15) is 16.1 Å². The Labute approximate surface area is 160 Å². The third-order valence-electron chi connectivity index (χ3n) is 4.31. The first kappa shape index (κ1) is 19.3. The van der Waals surface area contributed by atoms with Gasteiger partial charge < -0.3 is 14.8 Å². The number of nitrogens with zero attached hydrogens (tertiary/aromatic N) is 2. The summed E-state index contributed by atoms with van der Waals surface area (Å²) >= 11 is 0. The number of ether oxygens (including phenoxy) is 2. The number of anilines is 1. The van der Waals surface area contributed by atoms with E-state index in [1.54, 1.807) is 33.2 Å². The van der Waals surface area contributed by atoms with Crippen molar-refractivity contribution in [1.82, 2.24) is 9.78 Å². The summed E-state index contributed by atoms with van der Waals surface area (Å²) in [4.78, 5) is 12.6. The zero-order valence-corrected chi connectivity index (χ0v) is 15.8. The molecule has 0 saturated heterocycles. The number of nitrogens with one attached hydrogen (secondary N) is 1. The summed E-state index contributed by atoms with van der Waals surface area (Å²) in [6.45, 7) is 1.78. The quantitative estimate of drug-likeness (QED) is 0.720. The van der Waals surface area contributed by atoms with Crippen LogP contribution in [0.2, 0.25) is 0 Å². The van der Waals surface area contributed by atoms with Gasteiger partial charge in [-0.2, -0.15) is 5.10 Å². The molecule has 3 aromatic rings. The molecule has 3 rings (SSSR count). The van der Waals surface area contributed by atoms with E-state index < -0.39 is 23.1 Å². The van der Waals surface area contributed by atoms with Crippen molar-refractivity contribution >= 4 is 11.7 Å². The largest absolute Gasteiger partial charge is 0.497 e. The lowest BCUT2D eigenvalue weighted by atomic mass is 10.1. The number of benzene rings is 2. The molecule has 0 aliphatic heterocycles. The van der Waals surface area contributed by atoms with E-state index in [1.807, 2.05) is 12.1 Å². The third kappa shape index (κ3) is 3.53. The van der Waals surface area contributed by atoms with Crippen LogP contribution in [0, 0.1) is 18.6 Å². The molecular formula is C20H19F2N3O3. The van der Waals surface area contributed by atoms with Gasteiger partial charge in [0.1, 0.15) is 34.5 Å². The van der Waals surface area contributed by atoms with Crippen LogP contribution in [0.4, 0.5) is 14.6 Å². The zero-order chi connectivity index (χ0) is 20.4. The molecule has 0 radical (unpaired) electrons. The highest BCUT2D eigenvalue weighted by Gasteiger charge is 2.23. The highest BCUT2D eigenvalue weighted by atomic mass is 19.1. The zero-order valence-electron chi connectivity index (χ0n) is 15.8. The van der Waals surface area contributed by atoms with E-state index in [1.165, 1.54) is 11.8 Å². The van der Waals surface area contributed by atoms with E-state index in [0.29, 0.717) is 22.8 Å². The molecule has 8 heteroatoms. The number of carbonyl (C=O) groups is 1. The molecule has 0 fully saturated rings. The lowest BCUT2D eigenvalue weighted by Crippen LogP contribution is -2.18. The highest BCUT2D eigenvalue weighted by Crippen LogP contribution is 2.33. The number of aryl methyl sites for hydroxylation is 2. The van der Waals surface area contributed by atoms with Gasteiger partial charge in [-0.05, 0) is 24.6 Å². The van der Waals surface area contributed by atoms with Gasteiger partial charge in [-0.3, -0.25) is 9.48 Å². The summed E-state index contributed by atoms with van der Waals surface area (Å²) in [5.74, 6) is -1.96. The van der Waals surface area contributed by atoms with Crippen molar-refractivity contribution in [2.75, 3.05) is 19.5 Å². The topological polar surface area (TPSA) is 65.4 Å². The SMILES string of the molecule is COc1ccc(-c2c(C)nn(C)c2NC(=O)c2c(F)cc(OC)cc2F)cc1. The molecule has 0 aliphatic carbocycles. The molecule has 0 aliphatic rings. The van der Waals surface area contributed by atoms with Gasteiger partial charge in [-0.15, -0.1) is 0 Å². The van der Waals surface area contributed by atoms with E-state index in [2.05, 4.69) is 10.4 Å². The molecule has 1 amide bonds. The normalized spacial score (nSPS) is 10.6. The van der Waals surface area contributed by atoms with E-state index in [4.69, 9.17) is 9.47 Å². The molecule has 28 heavy (non-hydrogen) atoms. The number of methoxy groups -OCH3 is 2. The average molecular weight is 387 g/mol. The minimum absolute atomic E-state index is 0.0122. The van der Waals surface area contributed by atoms with Crippen LogP contribution in [0.5, 0.6) is 11.5 Å². The van der Waals surface area contributed by atoms with E-state index in [9.17, 15) is 13.6 Å². The molecule has 1 heterocycles. The lowest BCUT2D eigenvalue weighted by Gasteiger charge is -2.11. The molecule has 1 aromatic heterocycles. The Bertz CT molecular complexity index is 1010. The summed E-state index contributed by atoms with van der Waals surface area (Å²) in [6, 6.07) is 9.08. The molecule has 2 aromatic carbocycles. The molecule has 146 valence electrons. The van der Waals surface area contributed by atoms with Crippen molar-refractivity contribution in [3.05, 3.63) is 59.3 Å². The van der Waals surface area contributed by atoms with Crippen molar-refractivity contribution in [2.24, 2.45) is 7.05 Å². The van der Waals surface area contributed by atoms with Crippen LogP contribution in [-0.4, -0.2) is 29.9 Å². The number of rotatable bonds is 5. The highest BCUT2D eigenvalue weighted by molar-refractivity contribution is 6.06. The predicted octanol–water partition coefficient (Wildman–Crippen LogP) is 3.94. The second kappa shape index (κ2) is 7.67. The Balaban J connectivity index is 2.00. The maximum atomic E-state index is 14.2. The summed E-state index contributed by atoms with van der Waals surface area (Å²) in [5.41, 5.74) is 1.38. The Morgan fingerprint density at radius 1 is 1.04 bits per heavy atom. The van der Waals surface area contributed by atoms with Crippen LogP contribution in [-0.2, 0) is 7.05 Å². The minimum atomic E-state index is -1.01. The fourth-order valence-corrected chi connectivity index (χ4v) is 2.96. The Morgan fingerprint density at radius 2 is 1.61 bits per heavy atom. The number of hydrogen-bond acceptors (Lipinski definition) is 4. The number of halogens is 2. The van der Waals surface area contributed by atoms with Crippen molar-refractivity contribution in [3.8, 4) is 22.6 Å². The Kier molecular flexibility index (Phi) is 5.30. The first-order valence-corrected chi connectivity index (χ1v) is 8.38. The van der Waals surface area contributed by atoms with Crippen LogP contribution in [0.15, 0.2) is 36.4 Å². The van der Waals surface area contributed by atoms with E-state index in [-0.39, 0.29) is 5.75 Å². The van der Waals surface area contributed by atoms with Crippen molar-refractivity contribution in [1.29, 1.82) is 0 Å². The second-order valence-corrected chi connectivity index (χ2v) is 6.08. The Morgan fingerprint density at radius 3 is 2.14 bits per heavy atom. The Hall–Kier alpha value is -3.42. The van der Waals surface area contributed by atoms with Gasteiger partial charge in [0.05, 0.1) is 19.9 Å². The first-order valence-electron chi connectivity index (χ1n) is 8.38. The van der Waals surface area contributed by atoms with Gasteiger partial charge in [0, 0.05) is 24.7 Å². The molecule has 0 unspecified atom stereocenters. The second-order valence-electron chi connectivity index (χ2n) is 6.08. The fourth-order valence-electron chi connectivity index (χ4n) is 2.96. The lowest BCUT2D eigenvalue weighted by molar-refractivity contribution is 0.101. The maximum absolute atomic E-state index is 14.2. The van der Waals surface area contributed by atoms with E-state index in [0.717, 1.165) is 17.7 Å². The van der Waals surface area contributed by atoms with Crippen LogP contribution in [0.3, 0.4) is 0 Å². The van der Waals surface area contributed by atoms with Crippen LogP contribution >= 0.6 is 0 Å². The summed E-state index contributed by atoms with van der Waals surface area (Å²) in [7, 11) is 4.48. The monoisotopic (exact) mass is 387 g/mol. The van der Waals surface area contributed by atoms with Crippen LogP contribution in [0.25, 0.3) is 11.1 Å². The van der Waals surface area contributed by atoms with Gasteiger partial charge in [0.2, 0.25) is 0 Å². The average Bonchev–Trinajstić information content (AvgIpc) is 2.94. The third-order valence-corrected chi connectivity index (χ3v) is 4.31. The summed E-state index contributed by atoms with van der Waals surface area (Å²) < 4.78 is 39.9. The van der Waals surface area contributed by atoms with E-state index >= 15 is 0 Å². The number of amides is 1. The number of carbonyl (C=O) groups excluding carboxylic acids is 1. The van der Waals surface area contributed by atoms with Crippen LogP contribution < -0.4 is 14.8 Å². The fraction of sp³-hybridized carbons (Fsp3) is 0.200. The predicted molar refractivity (Wildman–Crippen MR) is 101 cm³/mol. The summed E-state index contributed by atoms with van der Waals surface area (Å²) in [6.07, 6.45) is 0. The minimum Gasteiger partial charge on any atom is -0.497 e. The maximum Gasteiger partial charge on any atom is 0.262 e. The van der Waals surface area contributed by atoms with Gasteiger partial charge in [-0.1, -0.05) is 12.1 Å². The van der Waals surface area contributed by atoms with Gasteiger partial charge in [0.25, 0.3) is 5.91 Å². The number of hydrogen-bond donors (Lipinski definition) is 1. The van der Waals surface area contributed by atoms with Gasteiger partial charge >= 0.3 is 0 Å². The first-order chi connectivity index (χ1) is 13.3. The van der Waals surface area contributed by atoms with Crippen molar-refractivity contribution < 1.29 is 23.0 Å². The molecule has 0 spiro atoms. The molecule has 0 saturated carbocycles. The molecule has 0 atom stereocenters. The molecule has 6 nitrogen and oxygen atoms in total. The standard InChI is InChI=1S/C20H19F2N3O3/c1-11-17(12-5-7-13(27-3)8-6-12)19(25(2)24-11)23-20(26)18-15(21)9-14(28-4)10-16(18)22/h5-10H,1-4H3,(H,23,26). The molecule has 0 bridgehead atoms. The van der Waals surface area contributed by atoms with Crippen molar-refractivity contribution in [3.63, 3.8) is 0 Å². The smallest absolute Gasteiger partial charge is 0.262 e. The summed E-state index contributed by atoms with van der Waals surface area (Å²) in [5, 5.41) is 6.88. The number of aromatic nitrogens is 2. The van der Waals surface area contributed by atoms with Gasteiger partial charge in [-0.25, -0.2) is 8.78 Å². The molecule has 1 N–H and O–H groups in total. The van der Waals surface area contributed by atoms with Crippen molar-refractivity contribution in [2.45, 2.75) is 6.92 Å².